The number of halogens is 1. The van der Waals surface area contributed by atoms with Gasteiger partial charge in [0.1, 0.15) is 11.4 Å². The Morgan fingerprint density at radius 2 is 1.89 bits per heavy atom. The Morgan fingerprint density at radius 3 is 2.46 bits per heavy atom. The molecule has 0 spiro atoms. The Hall–Kier alpha value is -2.61. The summed E-state index contributed by atoms with van der Waals surface area (Å²) in [7, 11) is 0. The summed E-state index contributed by atoms with van der Waals surface area (Å²) in [6.07, 6.45) is 3.20. The van der Waals surface area contributed by atoms with Crippen molar-refractivity contribution in [2.45, 2.75) is 32.3 Å². The van der Waals surface area contributed by atoms with Crippen molar-refractivity contribution < 1.29 is 9.13 Å². The molecular weight excluding hydrogens is 359 g/mol. The summed E-state index contributed by atoms with van der Waals surface area (Å²) in [4.78, 5) is 4.34. The quantitative estimate of drug-likeness (QED) is 0.422. The van der Waals surface area contributed by atoms with Crippen LogP contribution in [0.3, 0.4) is 0 Å². The van der Waals surface area contributed by atoms with Crippen LogP contribution in [0.2, 0.25) is 0 Å². The second-order valence-corrected chi connectivity index (χ2v) is 7.70. The third-order valence-corrected chi connectivity index (χ3v) is 5.43. The number of benzene rings is 1. The van der Waals surface area contributed by atoms with Crippen molar-refractivity contribution in [3.05, 3.63) is 35.4 Å². The van der Waals surface area contributed by atoms with Crippen molar-refractivity contribution in [2.75, 3.05) is 38.5 Å². The summed E-state index contributed by atoms with van der Waals surface area (Å²) in [6, 6.07) is 2.56. The minimum absolute atomic E-state index is 0.0642. The van der Waals surface area contributed by atoms with Crippen LogP contribution in [0.4, 0.5) is 10.1 Å². The minimum Gasteiger partial charge on any atom is -0.484 e. The van der Waals surface area contributed by atoms with Gasteiger partial charge in [0.25, 0.3) is 0 Å². The summed E-state index contributed by atoms with van der Waals surface area (Å²) in [5, 5.41) is 16.6. The highest BCUT2D eigenvalue weighted by Gasteiger charge is 2.40. The molecule has 1 aromatic carbocycles. The smallest absolute Gasteiger partial charge is 0.167 e. The zero-order chi connectivity index (χ0) is 20.5. The fourth-order valence-corrected chi connectivity index (χ4v) is 3.19. The summed E-state index contributed by atoms with van der Waals surface area (Å²) >= 11 is 0. The summed E-state index contributed by atoms with van der Waals surface area (Å²) in [5.74, 6) is -0.0416. The number of nitrogens with one attached hydrogen (secondary N) is 2. The molecule has 0 bridgehead atoms. The van der Waals surface area contributed by atoms with Gasteiger partial charge in [-0.05, 0) is 32.4 Å². The summed E-state index contributed by atoms with van der Waals surface area (Å²) in [6.45, 7) is 8.45. The second kappa shape index (κ2) is 7.79. The number of hydrogen-bond donors (Lipinski definition) is 4. The van der Waals surface area contributed by atoms with Gasteiger partial charge in [0.2, 0.25) is 0 Å². The maximum Gasteiger partial charge on any atom is 0.167 e. The highest BCUT2D eigenvalue weighted by atomic mass is 19.1. The molecule has 6 N–H and O–H groups in total. The molecule has 8 heteroatoms. The molecule has 1 saturated carbocycles. The van der Waals surface area contributed by atoms with Gasteiger partial charge in [-0.25, -0.2) is 4.39 Å². The molecular formula is C20H29FN6O. The molecule has 0 amide bonds. The van der Waals surface area contributed by atoms with Gasteiger partial charge in [-0.2, -0.15) is 0 Å². The van der Waals surface area contributed by atoms with Crippen LogP contribution in [-0.4, -0.2) is 59.5 Å². The predicted octanol–water partition coefficient (Wildman–Crippen LogP) is 2.16. The van der Waals surface area contributed by atoms with Crippen molar-refractivity contribution in [3.63, 3.8) is 0 Å². The molecule has 28 heavy (non-hydrogen) atoms. The molecule has 1 aliphatic carbocycles. The van der Waals surface area contributed by atoms with Crippen LogP contribution in [0.25, 0.3) is 0 Å². The van der Waals surface area contributed by atoms with E-state index < -0.39 is 5.82 Å². The van der Waals surface area contributed by atoms with E-state index in [4.69, 9.17) is 27.0 Å². The molecule has 3 rings (SSSR count). The first-order valence-electron chi connectivity index (χ1n) is 9.63. The first-order chi connectivity index (χ1) is 13.2. The number of ether oxygens (including phenoxy) is 1. The van der Waals surface area contributed by atoms with Crippen LogP contribution in [0.15, 0.2) is 24.0 Å². The first kappa shape index (κ1) is 20.1. The summed E-state index contributed by atoms with van der Waals surface area (Å²) in [5.41, 5.74) is 11.9. The van der Waals surface area contributed by atoms with E-state index in [9.17, 15) is 4.39 Å². The molecule has 7 nitrogen and oxygen atoms in total. The van der Waals surface area contributed by atoms with Crippen molar-refractivity contribution in [3.8, 4) is 5.75 Å². The number of nitrogens with zero attached hydrogens (tertiary/aromatic N) is 2. The van der Waals surface area contributed by atoms with E-state index in [2.05, 4.69) is 11.8 Å². The maximum absolute atomic E-state index is 14.2. The molecule has 1 heterocycles. The monoisotopic (exact) mass is 388 g/mol. The topological polar surface area (TPSA) is 115 Å². The van der Waals surface area contributed by atoms with E-state index in [-0.39, 0.29) is 34.0 Å². The largest absolute Gasteiger partial charge is 0.484 e. The van der Waals surface area contributed by atoms with Gasteiger partial charge in [0.05, 0.1) is 11.4 Å². The van der Waals surface area contributed by atoms with Gasteiger partial charge in [0, 0.05) is 49.6 Å². The standard InChI is InChI=1S/C20H29FN6O/c1-3-26-6-8-27(9-7-26)18(24)12-16(23)19(25)13-10-17(14(21)11-15(13)22)28-20(2)4-5-20/h10-12,23,25H,3-9,22,24H2,1-2H3/b18-12+,23-16?,25-19?. The third kappa shape index (κ3) is 4.44. The Bertz CT molecular complexity index is 809. The average Bonchev–Trinajstić information content (AvgIpc) is 3.40. The van der Waals surface area contributed by atoms with E-state index in [1.165, 1.54) is 12.1 Å². The fourth-order valence-electron chi connectivity index (χ4n) is 3.19. The van der Waals surface area contributed by atoms with Gasteiger partial charge in [-0.1, -0.05) is 6.92 Å². The van der Waals surface area contributed by atoms with Crippen LogP contribution in [0.5, 0.6) is 5.75 Å². The minimum atomic E-state index is -0.558. The van der Waals surface area contributed by atoms with Gasteiger partial charge < -0.3 is 26.0 Å². The molecule has 0 atom stereocenters. The van der Waals surface area contributed by atoms with E-state index in [0.29, 0.717) is 5.82 Å². The molecule has 1 aliphatic heterocycles. The number of rotatable bonds is 7. The van der Waals surface area contributed by atoms with E-state index in [1.54, 1.807) is 0 Å². The molecule has 1 aromatic rings. The van der Waals surface area contributed by atoms with Crippen LogP contribution < -0.4 is 16.2 Å². The third-order valence-electron chi connectivity index (χ3n) is 5.43. The van der Waals surface area contributed by atoms with E-state index in [0.717, 1.165) is 51.6 Å². The molecule has 0 radical (unpaired) electrons. The number of allylic oxidation sites excluding steroid dienone is 1. The lowest BCUT2D eigenvalue weighted by atomic mass is 10.0. The lowest BCUT2D eigenvalue weighted by Gasteiger charge is -2.35. The normalized spacial score (nSPS) is 19.4. The SMILES string of the molecule is CCN1CCN(/C(N)=C/C(=N)C(=N)c2cc(OC3(C)CC3)c(F)cc2N)CC1. The van der Waals surface area contributed by atoms with Crippen LogP contribution in [0, 0.1) is 16.6 Å². The molecule has 2 fully saturated rings. The van der Waals surface area contributed by atoms with Gasteiger partial charge in [-0.15, -0.1) is 0 Å². The van der Waals surface area contributed by atoms with Crippen LogP contribution in [0.1, 0.15) is 32.3 Å². The highest BCUT2D eigenvalue weighted by molar-refractivity contribution is 6.50. The number of nitrogens with two attached hydrogens (primary N) is 2. The Kier molecular flexibility index (Phi) is 5.60. The average molecular weight is 388 g/mol. The van der Waals surface area contributed by atoms with Gasteiger partial charge in [-0.3, -0.25) is 10.8 Å². The Labute approximate surface area is 165 Å². The lowest BCUT2D eigenvalue weighted by Crippen LogP contribution is -2.47. The van der Waals surface area contributed by atoms with Crippen LogP contribution >= 0.6 is 0 Å². The van der Waals surface area contributed by atoms with Gasteiger partial charge in [0.15, 0.2) is 11.6 Å². The van der Waals surface area contributed by atoms with Crippen molar-refractivity contribution in [1.82, 2.24) is 9.80 Å². The predicted molar refractivity (Wildman–Crippen MR) is 110 cm³/mol. The number of nitrogen functional groups attached to an aromatic ring is 1. The number of piperazine rings is 1. The van der Waals surface area contributed by atoms with Crippen molar-refractivity contribution in [1.29, 1.82) is 10.8 Å². The zero-order valence-electron chi connectivity index (χ0n) is 16.5. The molecule has 0 aromatic heterocycles. The van der Waals surface area contributed by atoms with Crippen molar-refractivity contribution >= 4 is 17.1 Å². The molecule has 0 unspecified atom stereocenters. The lowest BCUT2D eigenvalue weighted by molar-refractivity contribution is 0.164. The maximum atomic E-state index is 14.2. The number of anilines is 1. The molecule has 2 aliphatic rings. The van der Waals surface area contributed by atoms with Crippen molar-refractivity contribution in [2.24, 2.45) is 5.73 Å². The van der Waals surface area contributed by atoms with E-state index >= 15 is 0 Å². The van der Waals surface area contributed by atoms with Gasteiger partial charge >= 0.3 is 0 Å². The highest BCUT2D eigenvalue weighted by Crippen LogP contribution is 2.41. The summed E-state index contributed by atoms with van der Waals surface area (Å²) < 4.78 is 19.9. The zero-order valence-corrected chi connectivity index (χ0v) is 16.5. The first-order valence-corrected chi connectivity index (χ1v) is 9.63. The Balaban J connectivity index is 1.74. The molecule has 1 saturated heterocycles. The fraction of sp³-hybridized carbons (Fsp3) is 0.500. The van der Waals surface area contributed by atoms with E-state index in [1.807, 2.05) is 11.8 Å². The van der Waals surface area contributed by atoms with Crippen LogP contribution in [-0.2, 0) is 0 Å². The second-order valence-electron chi connectivity index (χ2n) is 7.70. The Morgan fingerprint density at radius 1 is 1.25 bits per heavy atom. The molecule has 152 valence electrons. The number of likely N-dealkylation sites (N-methyl/N-ethyl adjacent to an activating group) is 1. The number of hydrogen-bond acceptors (Lipinski definition) is 7.